The molecule has 26 heavy (non-hydrogen) atoms. The van der Waals surface area contributed by atoms with Gasteiger partial charge in [-0.3, -0.25) is 14.8 Å². The molecule has 0 saturated carbocycles. The standard InChI is InChI=1S/C20H26N4O2/c25-20(16-6-7-19-17(14-16)15-21-22-19)24-10-8-23(9-11-24)12-13-26-18-4-2-1-3-5-18/h1-5,15-16H,6-14H2,(H,21,22). The number of benzene rings is 1. The zero-order valence-electron chi connectivity index (χ0n) is 15.1. The molecule has 1 atom stereocenters. The van der Waals surface area contributed by atoms with Gasteiger partial charge in [-0.15, -0.1) is 0 Å². The lowest BCUT2D eigenvalue weighted by atomic mass is 9.87. The molecular weight excluding hydrogens is 328 g/mol. The van der Waals surface area contributed by atoms with Crippen LogP contribution in [-0.2, 0) is 17.6 Å². The van der Waals surface area contributed by atoms with Crippen LogP contribution < -0.4 is 4.74 Å². The molecule has 1 amide bonds. The molecule has 1 fully saturated rings. The first-order chi connectivity index (χ1) is 12.8. The second-order valence-electron chi connectivity index (χ2n) is 7.14. The van der Waals surface area contributed by atoms with E-state index in [2.05, 4.69) is 15.1 Å². The molecule has 1 saturated heterocycles. The van der Waals surface area contributed by atoms with Gasteiger partial charge < -0.3 is 9.64 Å². The van der Waals surface area contributed by atoms with E-state index in [1.165, 1.54) is 11.3 Å². The van der Waals surface area contributed by atoms with E-state index < -0.39 is 0 Å². The smallest absolute Gasteiger partial charge is 0.226 e. The van der Waals surface area contributed by atoms with E-state index in [0.717, 1.165) is 57.7 Å². The van der Waals surface area contributed by atoms with Crippen molar-refractivity contribution in [3.8, 4) is 5.75 Å². The molecule has 1 unspecified atom stereocenters. The molecule has 1 aromatic heterocycles. The fourth-order valence-electron chi connectivity index (χ4n) is 3.89. The number of amides is 1. The second-order valence-corrected chi connectivity index (χ2v) is 7.14. The van der Waals surface area contributed by atoms with Crippen LogP contribution in [0.1, 0.15) is 17.7 Å². The minimum absolute atomic E-state index is 0.119. The summed E-state index contributed by atoms with van der Waals surface area (Å²) >= 11 is 0. The Balaban J connectivity index is 1.20. The predicted molar refractivity (Wildman–Crippen MR) is 99.1 cm³/mol. The molecule has 0 spiro atoms. The molecule has 1 aromatic carbocycles. The quantitative estimate of drug-likeness (QED) is 0.888. The number of H-pyrrole nitrogens is 1. The molecule has 1 N–H and O–H groups in total. The zero-order chi connectivity index (χ0) is 17.8. The normalized spacial score (nSPS) is 20.6. The molecule has 2 heterocycles. The van der Waals surface area contributed by atoms with E-state index in [1.54, 1.807) is 0 Å². The van der Waals surface area contributed by atoms with Crippen molar-refractivity contribution in [3.63, 3.8) is 0 Å². The van der Waals surface area contributed by atoms with Crippen LogP contribution in [0.3, 0.4) is 0 Å². The monoisotopic (exact) mass is 354 g/mol. The topological polar surface area (TPSA) is 61.5 Å². The Hall–Kier alpha value is -2.34. The third-order valence-corrected chi connectivity index (χ3v) is 5.47. The largest absolute Gasteiger partial charge is 0.492 e. The Labute approximate surface area is 154 Å². The van der Waals surface area contributed by atoms with Gasteiger partial charge in [0.05, 0.1) is 6.20 Å². The number of carbonyl (C=O) groups excluding carboxylic acids is 1. The Morgan fingerprint density at radius 1 is 1.19 bits per heavy atom. The third-order valence-electron chi connectivity index (χ3n) is 5.47. The van der Waals surface area contributed by atoms with Crippen molar-refractivity contribution in [1.82, 2.24) is 20.0 Å². The summed E-state index contributed by atoms with van der Waals surface area (Å²) in [4.78, 5) is 17.3. The summed E-state index contributed by atoms with van der Waals surface area (Å²) in [6.07, 6.45) is 4.57. The van der Waals surface area contributed by atoms with Crippen LogP contribution in [0.5, 0.6) is 5.75 Å². The number of hydrogen-bond donors (Lipinski definition) is 1. The number of hydrogen-bond acceptors (Lipinski definition) is 4. The first kappa shape index (κ1) is 17.1. The van der Waals surface area contributed by atoms with Gasteiger partial charge in [-0.05, 0) is 37.0 Å². The number of para-hydroxylation sites is 1. The van der Waals surface area contributed by atoms with E-state index in [9.17, 15) is 4.79 Å². The summed E-state index contributed by atoms with van der Waals surface area (Å²) in [7, 11) is 0. The van der Waals surface area contributed by atoms with Gasteiger partial charge in [0.2, 0.25) is 5.91 Å². The molecule has 4 rings (SSSR count). The molecule has 6 nitrogen and oxygen atoms in total. The molecule has 1 aliphatic carbocycles. The van der Waals surface area contributed by atoms with Crippen LogP contribution in [0.4, 0.5) is 0 Å². The maximum Gasteiger partial charge on any atom is 0.226 e. The number of nitrogens with one attached hydrogen (secondary N) is 1. The number of carbonyl (C=O) groups is 1. The first-order valence-corrected chi connectivity index (χ1v) is 9.50. The molecule has 1 aliphatic heterocycles. The van der Waals surface area contributed by atoms with E-state index in [1.807, 2.05) is 41.4 Å². The summed E-state index contributed by atoms with van der Waals surface area (Å²) in [6.45, 7) is 5.07. The number of aryl methyl sites for hydroxylation is 1. The number of aromatic nitrogens is 2. The summed E-state index contributed by atoms with van der Waals surface area (Å²) in [5.41, 5.74) is 2.42. The van der Waals surface area contributed by atoms with Crippen molar-refractivity contribution in [2.45, 2.75) is 19.3 Å². The highest BCUT2D eigenvalue weighted by Gasteiger charge is 2.30. The van der Waals surface area contributed by atoms with Gasteiger partial charge in [0, 0.05) is 44.3 Å². The van der Waals surface area contributed by atoms with Crippen molar-refractivity contribution >= 4 is 5.91 Å². The number of rotatable bonds is 5. The van der Waals surface area contributed by atoms with Crippen molar-refractivity contribution < 1.29 is 9.53 Å². The number of ether oxygens (including phenoxy) is 1. The van der Waals surface area contributed by atoms with Crippen molar-refractivity contribution in [2.75, 3.05) is 39.3 Å². The fourth-order valence-corrected chi connectivity index (χ4v) is 3.89. The van der Waals surface area contributed by atoms with Crippen LogP contribution in [0.15, 0.2) is 36.5 Å². The van der Waals surface area contributed by atoms with E-state index in [4.69, 9.17) is 4.74 Å². The maximum atomic E-state index is 12.8. The molecule has 2 aliphatic rings. The first-order valence-electron chi connectivity index (χ1n) is 9.50. The van der Waals surface area contributed by atoms with Crippen molar-refractivity contribution in [2.24, 2.45) is 5.92 Å². The third kappa shape index (κ3) is 3.90. The fraction of sp³-hybridized carbons (Fsp3) is 0.500. The summed E-state index contributed by atoms with van der Waals surface area (Å²) in [6, 6.07) is 9.91. The Kier molecular flexibility index (Phi) is 5.20. The predicted octanol–water partition coefficient (Wildman–Crippen LogP) is 1.74. The van der Waals surface area contributed by atoms with Gasteiger partial charge in [0.1, 0.15) is 12.4 Å². The average molecular weight is 354 g/mol. The Bertz CT molecular complexity index is 722. The molecule has 0 bridgehead atoms. The number of fused-ring (bicyclic) bond motifs is 1. The van der Waals surface area contributed by atoms with Crippen LogP contribution in [-0.4, -0.2) is 65.2 Å². The summed E-state index contributed by atoms with van der Waals surface area (Å²) in [5, 5.41) is 7.14. The van der Waals surface area contributed by atoms with Gasteiger partial charge in [0.25, 0.3) is 0 Å². The van der Waals surface area contributed by atoms with Crippen LogP contribution >= 0.6 is 0 Å². The maximum absolute atomic E-state index is 12.8. The van der Waals surface area contributed by atoms with Gasteiger partial charge in [-0.1, -0.05) is 18.2 Å². The minimum Gasteiger partial charge on any atom is -0.492 e. The van der Waals surface area contributed by atoms with E-state index in [0.29, 0.717) is 12.5 Å². The summed E-state index contributed by atoms with van der Waals surface area (Å²) < 4.78 is 5.77. The number of nitrogens with zero attached hydrogens (tertiary/aromatic N) is 3. The lowest BCUT2D eigenvalue weighted by Gasteiger charge is -2.37. The van der Waals surface area contributed by atoms with Crippen molar-refractivity contribution in [1.29, 1.82) is 0 Å². The van der Waals surface area contributed by atoms with E-state index >= 15 is 0 Å². The second kappa shape index (κ2) is 7.91. The molecule has 138 valence electrons. The molecular formula is C20H26N4O2. The molecule has 2 aromatic rings. The Morgan fingerprint density at radius 2 is 2.00 bits per heavy atom. The van der Waals surface area contributed by atoms with Gasteiger partial charge in [0.15, 0.2) is 0 Å². The SMILES string of the molecule is O=C(C1CCc2[nH]ncc2C1)N1CCN(CCOc2ccccc2)CC1. The average Bonchev–Trinajstić information content (AvgIpc) is 3.17. The lowest BCUT2D eigenvalue weighted by molar-refractivity contribution is -0.137. The van der Waals surface area contributed by atoms with Crippen LogP contribution in [0.2, 0.25) is 0 Å². The van der Waals surface area contributed by atoms with Crippen LogP contribution in [0, 0.1) is 5.92 Å². The van der Waals surface area contributed by atoms with Crippen molar-refractivity contribution in [3.05, 3.63) is 47.8 Å². The minimum atomic E-state index is 0.119. The van der Waals surface area contributed by atoms with E-state index in [-0.39, 0.29) is 5.92 Å². The number of aromatic amines is 1. The highest BCUT2D eigenvalue weighted by atomic mass is 16.5. The number of piperazine rings is 1. The lowest BCUT2D eigenvalue weighted by Crippen LogP contribution is -2.51. The highest BCUT2D eigenvalue weighted by Crippen LogP contribution is 2.25. The van der Waals surface area contributed by atoms with Gasteiger partial charge in [-0.25, -0.2) is 0 Å². The molecule has 6 heteroatoms. The Morgan fingerprint density at radius 3 is 2.81 bits per heavy atom. The highest BCUT2D eigenvalue weighted by molar-refractivity contribution is 5.79. The van der Waals surface area contributed by atoms with Crippen LogP contribution in [0.25, 0.3) is 0 Å². The van der Waals surface area contributed by atoms with Gasteiger partial charge in [-0.2, -0.15) is 5.10 Å². The zero-order valence-corrected chi connectivity index (χ0v) is 15.1. The van der Waals surface area contributed by atoms with Gasteiger partial charge >= 0.3 is 0 Å². The molecule has 0 radical (unpaired) electrons. The summed E-state index contributed by atoms with van der Waals surface area (Å²) in [5.74, 6) is 1.35.